The number of amides is 1. The van der Waals surface area contributed by atoms with E-state index < -0.39 is 10.8 Å². The highest BCUT2D eigenvalue weighted by molar-refractivity contribution is 7.85. The first kappa shape index (κ1) is 22.3. The fourth-order valence-electron chi connectivity index (χ4n) is 8.77. The molecule has 0 aromatic heterocycles. The van der Waals surface area contributed by atoms with Gasteiger partial charge in [0.1, 0.15) is 0 Å². The van der Waals surface area contributed by atoms with E-state index in [4.69, 9.17) is 4.74 Å². The number of benzene rings is 1. The Labute approximate surface area is 201 Å². The smallest absolute Gasteiger partial charge is 0.223 e. The van der Waals surface area contributed by atoms with Crippen molar-refractivity contribution in [3.63, 3.8) is 0 Å². The van der Waals surface area contributed by atoms with Crippen LogP contribution in [0.4, 0.5) is 0 Å². The fraction of sp³-hybridized carbons (Fsp3) is 0.750. The molecule has 4 saturated carbocycles. The lowest BCUT2D eigenvalue weighted by atomic mass is 9.47. The molecular formula is C28H39NO3S. The lowest BCUT2D eigenvalue weighted by Gasteiger charge is -2.63. The molecule has 0 bridgehead atoms. The lowest BCUT2D eigenvalue weighted by molar-refractivity contribution is -0.160. The second kappa shape index (κ2) is 7.91. The Morgan fingerprint density at radius 2 is 1.73 bits per heavy atom. The van der Waals surface area contributed by atoms with Gasteiger partial charge in [-0.2, -0.15) is 0 Å². The summed E-state index contributed by atoms with van der Waals surface area (Å²) in [6.07, 6.45) is 11.0. The summed E-state index contributed by atoms with van der Waals surface area (Å²) in [5.41, 5.74) is 0.181. The molecule has 5 fully saturated rings. The van der Waals surface area contributed by atoms with Gasteiger partial charge >= 0.3 is 0 Å². The van der Waals surface area contributed by atoms with Gasteiger partial charge in [0.15, 0.2) is 0 Å². The average molecular weight is 470 g/mol. The number of nitrogens with zero attached hydrogens (tertiary/aromatic N) is 1. The summed E-state index contributed by atoms with van der Waals surface area (Å²) in [7, 11) is 0.821. The second-order valence-electron chi connectivity index (χ2n) is 12.1. The zero-order chi connectivity index (χ0) is 23.0. The Bertz CT molecular complexity index is 948. The Morgan fingerprint density at radius 3 is 2.45 bits per heavy atom. The number of rotatable bonds is 4. The lowest BCUT2D eigenvalue weighted by Crippen LogP contribution is -2.67. The molecule has 1 saturated heterocycles. The third-order valence-corrected chi connectivity index (χ3v) is 12.6. The van der Waals surface area contributed by atoms with Crippen molar-refractivity contribution in [2.45, 2.75) is 100 Å². The highest BCUT2D eigenvalue weighted by Gasteiger charge is 2.65. The van der Waals surface area contributed by atoms with Crippen molar-refractivity contribution >= 4 is 16.7 Å². The molecule has 1 heterocycles. The third-order valence-electron chi connectivity index (χ3n) is 10.7. The molecule has 5 heteroatoms. The molecule has 6 rings (SSSR count). The highest BCUT2D eigenvalue weighted by atomic mass is 32.2. The van der Waals surface area contributed by atoms with Gasteiger partial charge in [-0.05, 0) is 86.7 Å². The zero-order valence-electron chi connectivity index (χ0n) is 20.4. The Hall–Kier alpha value is -1.20. The molecule has 0 radical (unpaired) electrons. The van der Waals surface area contributed by atoms with Crippen LogP contribution in [0, 0.1) is 28.6 Å². The summed E-state index contributed by atoms with van der Waals surface area (Å²) in [6, 6.07) is 10.1. The third kappa shape index (κ3) is 3.31. The van der Waals surface area contributed by atoms with E-state index in [-0.39, 0.29) is 28.0 Å². The number of carbonyl (C=O) groups is 1. The van der Waals surface area contributed by atoms with E-state index >= 15 is 0 Å². The minimum atomic E-state index is -1.17. The van der Waals surface area contributed by atoms with E-state index in [0.717, 1.165) is 11.3 Å². The molecule has 0 N–H and O–H groups in total. The summed E-state index contributed by atoms with van der Waals surface area (Å²) in [5.74, 6) is 2.06. The number of hydrogen-bond donors (Lipinski definition) is 0. The van der Waals surface area contributed by atoms with Crippen molar-refractivity contribution in [3.05, 3.63) is 30.3 Å². The van der Waals surface area contributed by atoms with Crippen LogP contribution < -0.4 is 0 Å². The van der Waals surface area contributed by atoms with Gasteiger partial charge in [0.05, 0.1) is 28.3 Å². The number of fused-ring (bicyclic) bond motifs is 5. The van der Waals surface area contributed by atoms with E-state index in [1.807, 2.05) is 42.3 Å². The summed E-state index contributed by atoms with van der Waals surface area (Å²) in [5, 5.41) is -0.106. The van der Waals surface area contributed by atoms with Crippen LogP contribution in [0.5, 0.6) is 0 Å². The van der Waals surface area contributed by atoms with Crippen molar-refractivity contribution in [1.82, 2.24) is 4.90 Å². The quantitative estimate of drug-likeness (QED) is 0.610. The number of likely N-dealkylation sites (tertiary alicyclic amines) is 1. The van der Waals surface area contributed by atoms with Gasteiger partial charge < -0.3 is 9.64 Å². The van der Waals surface area contributed by atoms with Crippen LogP contribution in [0.3, 0.4) is 0 Å². The summed E-state index contributed by atoms with van der Waals surface area (Å²) >= 11 is 0. The first-order valence-corrected chi connectivity index (χ1v) is 14.4. The maximum atomic E-state index is 14.0. The minimum Gasteiger partial charge on any atom is -0.374 e. The van der Waals surface area contributed by atoms with Crippen molar-refractivity contribution in [2.75, 3.05) is 7.05 Å². The van der Waals surface area contributed by atoms with Crippen LogP contribution in [0.2, 0.25) is 0 Å². The molecule has 180 valence electrons. The normalized spacial score (nSPS) is 45.8. The molecule has 4 unspecified atom stereocenters. The summed E-state index contributed by atoms with van der Waals surface area (Å²) in [4.78, 5) is 16.0. The molecule has 5 aliphatic rings. The average Bonchev–Trinajstić information content (AvgIpc) is 3.58. The van der Waals surface area contributed by atoms with Crippen LogP contribution in [-0.2, 0) is 20.3 Å². The number of carbonyl (C=O) groups excluding carboxylic acids is 1. The zero-order valence-corrected chi connectivity index (χ0v) is 21.2. The Morgan fingerprint density at radius 1 is 0.970 bits per heavy atom. The first-order chi connectivity index (χ1) is 15.8. The highest BCUT2D eigenvalue weighted by Crippen LogP contribution is 2.66. The number of ether oxygens (including phenoxy) is 1. The summed E-state index contributed by atoms with van der Waals surface area (Å²) in [6.45, 7) is 4.91. The van der Waals surface area contributed by atoms with Gasteiger partial charge in [-0.3, -0.25) is 9.00 Å². The largest absolute Gasteiger partial charge is 0.374 e. The van der Waals surface area contributed by atoms with E-state index in [9.17, 15) is 9.00 Å². The fourth-order valence-corrected chi connectivity index (χ4v) is 10.6. The second-order valence-corrected chi connectivity index (χ2v) is 13.7. The molecule has 4 nitrogen and oxygen atoms in total. The van der Waals surface area contributed by atoms with Crippen molar-refractivity contribution in [2.24, 2.45) is 28.6 Å². The predicted octanol–water partition coefficient (Wildman–Crippen LogP) is 5.18. The molecular weight excluding hydrogens is 430 g/mol. The van der Waals surface area contributed by atoms with Crippen LogP contribution in [0.15, 0.2) is 35.2 Å². The van der Waals surface area contributed by atoms with Gasteiger partial charge in [0.2, 0.25) is 5.91 Å². The molecule has 33 heavy (non-hydrogen) atoms. The number of piperidine rings is 1. The molecule has 1 aromatic rings. The maximum Gasteiger partial charge on any atom is 0.223 e. The maximum absolute atomic E-state index is 14.0. The van der Waals surface area contributed by atoms with Gasteiger partial charge in [-0.15, -0.1) is 0 Å². The topological polar surface area (TPSA) is 46.6 Å². The SMILES string of the molecule is CN1C(=O)CC(S(=O)c2ccccc2)[C@@]2(C)C1CC[C@@H]1[C@H]2CC[C@]2(C)C(OC3CC3)CC[C@@H]12. The van der Waals surface area contributed by atoms with E-state index in [1.165, 1.54) is 44.9 Å². The van der Waals surface area contributed by atoms with Crippen LogP contribution >= 0.6 is 0 Å². The first-order valence-electron chi connectivity index (χ1n) is 13.2. The monoisotopic (exact) mass is 469 g/mol. The van der Waals surface area contributed by atoms with Crippen LogP contribution in [0.1, 0.15) is 71.6 Å². The van der Waals surface area contributed by atoms with Gasteiger partial charge in [0, 0.05) is 29.8 Å². The van der Waals surface area contributed by atoms with E-state index in [1.54, 1.807) is 0 Å². The predicted molar refractivity (Wildman–Crippen MR) is 130 cm³/mol. The molecule has 4 aliphatic carbocycles. The van der Waals surface area contributed by atoms with Crippen molar-refractivity contribution < 1.29 is 13.7 Å². The Balaban J connectivity index is 1.34. The van der Waals surface area contributed by atoms with Crippen molar-refractivity contribution in [1.29, 1.82) is 0 Å². The summed E-state index contributed by atoms with van der Waals surface area (Å²) < 4.78 is 20.5. The molecule has 1 amide bonds. The van der Waals surface area contributed by atoms with Gasteiger partial charge in [-0.1, -0.05) is 32.0 Å². The Kier molecular flexibility index (Phi) is 5.34. The van der Waals surface area contributed by atoms with Gasteiger partial charge in [-0.25, -0.2) is 0 Å². The van der Waals surface area contributed by atoms with Gasteiger partial charge in [0.25, 0.3) is 0 Å². The molecule has 9 atom stereocenters. The molecule has 1 aliphatic heterocycles. The standard InChI is InChI=1S/C28H39NO3S/c1-27-16-15-22-20(21(27)12-14-24(27)32-18-9-10-18)11-13-23-28(22,2)25(17-26(30)29(23)3)33(31)19-7-5-4-6-8-19/h4-8,18,20-25H,9-17H2,1-3H3/t20-,21-,22+,23?,24?,25?,27-,28+,33?/m0/s1. The van der Waals surface area contributed by atoms with Crippen molar-refractivity contribution in [3.8, 4) is 0 Å². The van der Waals surface area contributed by atoms with Crippen LogP contribution in [0.25, 0.3) is 0 Å². The minimum absolute atomic E-state index is 0.106. The van der Waals surface area contributed by atoms with E-state index in [0.29, 0.717) is 36.4 Å². The molecule has 1 aromatic carbocycles. The number of hydrogen-bond acceptors (Lipinski definition) is 3. The molecule has 0 spiro atoms. The van der Waals surface area contributed by atoms with Crippen LogP contribution in [-0.4, -0.2) is 45.6 Å². The van der Waals surface area contributed by atoms with E-state index in [2.05, 4.69) is 13.8 Å².